The molecule has 44 heavy (non-hydrogen) atoms. The molecule has 2 heterocycles. The molecule has 0 radical (unpaired) electrons. The summed E-state index contributed by atoms with van der Waals surface area (Å²) in [5.41, 5.74) is 12.8. The monoisotopic (exact) mass is 562 g/mol. The van der Waals surface area contributed by atoms with Crippen LogP contribution in [0.25, 0.3) is 88.4 Å². The van der Waals surface area contributed by atoms with Crippen LogP contribution in [-0.4, -0.2) is 0 Å². The Morgan fingerprint density at radius 2 is 0.818 bits per heavy atom. The predicted octanol–water partition coefficient (Wildman–Crippen LogP) is 12.2. The van der Waals surface area contributed by atoms with Crippen LogP contribution in [0.15, 0.2) is 167 Å². The van der Waals surface area contributed by atoms with Gasteiger partial charge in [-0.2, -0.15) is 0 Å². The topological polar surface area (TPSA) is 26.3 Å². The Bertz CT molecular complexity index is 2480. The summed E-state index contributed by atoms with van der Waals surface area (Å²) < 4.78 is 12.8. The maximum Gasteiger partial charge on any atom is 0.136 e. The van der Waals surface area contributed by atoms with Crippen LogP contribution in [0, 0.1) is 0 Å². The molecule has 2 aromatic heterocycles. The fraction of sp³-hybridized carbons (Fsp3) is 0. The molecule has 9 aromatic rings. The molecule has 7 aromatic carbocycles. The molecule has 0 spiro atoms. The van der Waals surface area contributed by atoms with Gasteiger partial charge in [0.25, 0.3) is 0 Å². The first-order valence-electron chi connectivity index (χ1n) is 14.9. The van der Waals surface area contributed by atoms with Crippen molar-refractivity contribution in [1.29, 1.82) is 0 Å². The molecule has 0 N–H and O–H groups in total. The zero-order valence-electron chi connectivity index (χ0n) is 23.8. The van der Waals surface area contributed by atoms with E-state index >= 15 is 0 Å². The number of rotatable bonds is 4. The van der Waals surface area contributed by atoms with Crippen molar-refractivity contribution in [1.82, 2.24) is 0 Å². The number of hydrogen-bond donors (Lipinski definition) is 0. The SMILES string of the molecule is c1ccc(-c2ccc(-c3cc(-c4cccc5oc6ccccc6c45)c4c(c3)oc3ccccc34)cc2-c2ccccc2)cc1. The van der Waals surface area contributed by atoms with Crippen molar-refractivity contribution < 1.29 is 8.83 Å². The van der Waals surface area contributed by atoms with Crippen molar-refractivity contribution in [3.05, 3.63) is 158 Å². The van der Waals surface area contributed by atoms with Gasteiger partial charge < -0.3 is 8.83 Å². The summed E-state index contributed by atoms with van der Waals surface area (Å²) in [5, 5.41) is 4.46. The highest BCUT2D eigenvalue weighted by atomic mass is 16.3. The molecule has 0 unspecified atom stereocenters. The Balaban J connectivity index is 1.34. The van der Waals surface area contributed by atoms with Gasteiger partial charge in [0.05, 0.1) is 0 Å². The molecule has 0 amide bonds. The molecule has 0 fully saturated rings. The molecule has 206 valence electrons. The first-order chi connectivity index (χ1) is 21.8. The average molecular weight is 563 g/mol. The molecule has 0 saturated carbocycles. The summed E-state index contributed by atoms with van der Waals surface area (Å²) >= 11 is 0. The van der Waals surface area contributed by atoms with Gasteiger partial charge in [-0.1, -0.05) is 121 Å². The van der Waals surface area contributed by atoms with Crippen molar-refractivity contribution in [3.8, 4) is 44.5 Å². The van der Waals surface area contributed by atoms with E-state index in [4.69, 9.17) is 8.83 Å². The van der Waals surface area contributed by atoms with E-state index in [1.165, 1.54) is 22.3 Å². The molecular formula is C42H26O2. The summed E-state index contributed by atoms with van der Waals surface area (Å²) in [6.07, 6.45) is 0. The molecule has 0 aliphatic rings. The highest BCUT2D eigenvalue weighted by Gasteiger charge is 2.20. The third-order valence-electron chi connectivity index (χ3n) is 8.69. The minimum atomic E-state index is 0.872. The fourth-order valence-electron chi connectivity index (χ4n) is 6.68. The van der Waals surface area contributed by atoms with Crippen molar-refractivity contribution >= 4 is 43.9 Å². The van der Waals surface area contributed by atoms with Crippen molar-refractivity contribution in [2.75, 3.05) is 0 Å². The van der Waals surface area contributed by atoms with Crippen molar-refractivity contribution in [2.24, 2.45) is 0 Å². The number of benzene rings is 7. The Morgan fingerprint density at radius 1 is 0.273 bits per heavy atom. The van der Waals surface area contributed by atoms with Gasteiger partial charge in [0.2, 0.25) is 0 Å². The molecule has 2 heteroatoms. The molecular weight excluding hydrogens is 536 g/mol. The average Bonchev–Trinajstić information content (AvgIpc) is 3.67. The standard InChI is InChI=1S/C42H26O2/c1-3-12-27(13-4-1)31-23-22-29(24-35(31)28-14-5-2-6-15-28)30-25-36(42-34-17-8-10-20-38(34)44-40(42)26-30)32-18-11-21-39-41(32)33-16-7-9-19-37(33)43-39/h1-26H. The second-order valence-corrected chi connectivity index (χ2v) is 11.3. The number of fused-ring (bicyclic) bond motifs is 6. The molecule has 0 aliphatic carbocycles. The predicted molar refractivity (Wildman–Crippen MR) is 183 cm³/mol. The Morgan fingerprint density at radius 3 is 1.52 bits per heavy atom. The lowest BCUT2D eigenvalue weighted by atomic mass is 9.89. The van der Waals surface area contributed by atoms with Crippen LogP contribution in [0.3, 0.4) is 0 Å². The van der Waals surface area contributed by atoms with Gasteiger partial charge in [-0.3, -0.25) is 0 Å². The summed E-state index contributed by atoms with van der Waals surface area (Å²) in [5.74, 6) is 0. The van der Waals surface area contributed by atoms with Crippen molar-refractivity contribution in [3.63, 3.8) is 0 Å². The summed E-state index contributed by atoms with van der Waals surface area (Å²) in [4.78, 5) is 0. The Kier molecular flexibility index (Phi) is 5.54. The van der Waals surface area contributed by atoms with Crippen LogP contribution in [-0.2, 0) is 0 Å². The fourth-order valence-corrected chi connectivity index (χ4v) is 6.68. The Hall–Kier alpha value is -5.86. The lowest BCUT2D eigenvalue weighted by Gasteiger charge is -2.14. The largest absolute Gasteiger partial charge is 0.456 e. The third kappa shape index (κ3) is 3.89. The van der Waals surface area contributed by atoms with Gasteiger partial charge in [-0.05, 0) is 80.9 Å². The molecule has 0 saturated heterocycles. The molecule has 0 aliphatic heterocycles. The van der Waals surface area contributed by atoms with Gasteiger partial charge in [0, 0.05) is 21.5 Å². The molecule has 9 rings (SSSR count). The lowest BCUT2D eigenvalue weighted by molar-refractivity contribution is 0.668. The molecule has 0 atom stereocenters. The second kappa shape index (κ2) is 9.86. The quantitative estimate of drug-likeness (QED) is 0.213. The van der Waals surface area contributed by atoms with Crippen LogP contribution < -0.4 is 0 Å². The van der Waals surface area contributed by atoms with E-state index in [1.54, 1.807) is 0 Å². The second-order valence-electron chi connectivity index (χ2n) is 11.3. The molecule has 0 bridgehead atoms. The third-order valence-corrected chi connectivity index (χ3v) is 8.69. The minimum absolute atomic E-state index is 0.872. The van der Waals surface area contributed by atoms with E-state index in [0.29, 0.717) is 0 Å². The van der Waals surface area contributed by atoms with Crippen molar-refractivity contribution in [2.45, 2.75) is 0 Å². The van der Waals surface area contributed by atoms with Crippen LogP contribution in [0.4, 0.5) is 0 Å². The lowest BCUT2D eigenvalue weighted by Crippen LogP contribution is -1.89. The summed E-state index contributed by atoms with van der Waals surface area (Å²) in [7, 11) is 0. The number of hydrogen-bond acceptors (Lipinski definition) is 2. The normalized spacial score (nSPS) is 11.6. The smallest absolute Gasteiger partial charge is 0.136 e. The van der Waals surface area contributed by atoms with Crippen LogP contribution in [0.5, 0.6) is 0 Å². The van der Waals surface area contributed by atoms with Gasteiger partial charge in [0.1, 0.15) is 22.3 Å². The van der Waals surface area contributed by atoms with E-state index in [0.717, 1.165) is 66.1 Å². The van der Waals surface area contributed by atoms with Crippen LogP contribution in [0.1, 0.15) is 0 Å². The first-order valence-corrected chi connectivity index (χ1v) is 14.9. The van der Waals surface area contributed by atoms with E-state index in [2.05, 4.69) is 140 Å². The maximum absolute atomic E-state index is 6.54. The Labute approximate surface area is 254 Å². The van der Waals surface area contributed by atoms with Crippen LogP contribution >= 0.6 is 0 Å². The summed E-state index contributed by atoms with van der Waals surface area (Å²) in [6.45, 7) is 0. The van der Waals surface area contributed by atoms with Gasteiger partial charge in [-0.15, -0.1) is 0 Å². The zero-order chi connectivity index (χ0) is 29.0. The summed E-state index contributed by atoms with van der Waals surface area (Å²) in [6, 6.07) is 55.5. The first kappa shape index (κ1) is 24.7. The minimum Gasteiger partial charge on any atom is -0.456 e. The number of furan rings is 2. The zero-order valence-corrected chi connectivity index (χ0v) is 23.8. The van der Waals surface area contributed by atoms with E-state index in [1.807, 2.05) is 18.2 Å². The van der Waals surface area contributed by atoms with E-state index < -0.39 is 0 Å². The van der Waals surface area contributed by atoms with Crippen LogP contribution in [0.2, 0.25) is 0 Å². The van der Waals surface area contributed by atoms with Gasteiger partial charge in [0.15, 0.2) is 0 Å². The molecule has 2 nitrogen and oxygen atoms in total. The number of para-hydroxylation sites is 2. The van der Waals surface area contributed by atoms with Gasteiger partial charge >= 0.3 is 0 Å². The van der Waals surface area contributed by atoms with E-state index in [9.17, 15) is 0 Å². The highest BCUT2D eigenvalue weighted by molar-refractivity contribution is 6.20. The highest BCUT2D eigenvalue weighted by Crippen LogP contribution is 2.45. The van der Waals surface area contributed by atoms with Gasteiger partial charge in [-0.25, -0.2) is 0 Å². The maximum atomic E-state index is 6.54. The van der Waals surface area contributed by atoms with E-state index in [-0.39, 0.29) is 0 Å².